The van der Waals surface area contributed by atoms with Crippen molar-refractivity contribution in [1.82, 2.24) is 9.97 Å². The van der Waals surface area contributed by atoms with Crippen LogP contribution in [0.3, 0.4) is 0 Å². The van der Waals surface area contributed by atoms with Crippen molar-refractivity contribution in [2.75, 3.05) is 11.1 Å². The van der Waals surface area contributed by atoms with Crippen LogP contribution >= 0.6 is 11.8 Å². The summed E-state index contributed by atoms with van der Waals surface area (Å²) in [5, 5.41) is 2.61. The lowest BCUT2D eigenvalue weighted by molar-refractivity contribution is -0.141. The second kappa shape index (κ2) is 8.47. The number of furan rings is 1. The summed E-state index contributed by atoms with van der Waals surface area (Å²) in [5.74, 6) is -0.292. The van der Waals surface area contributed by atoms with E-state index >= 15 is 0 Å². The number of amides is 1. The van der Waals surface area contributed by atoms with Crippen LogP contribution in [0, 0.1) is 0 Å². The SMILES string of the molecule is CCc1ccccc1NC(=O)CSc1nc(-c2ccco2)cc(C(F)(F)F)n1. The van der Waals surface area contributed by atoms with Crippen molar-refractivity contribution < 1.29 is 22.4 Å². The number of thioether (sulfide) groups is 1. The summed E-state index contributed by atoms with van der Waals surface area (Å²) in [6, 6.07) is 11.2. The molecule has 0 aliphatic carbocycles. The average molecular weight is 407 g/mol. The highest BCUT2D eigenvalue weighted by atomic mass is 32.2. The number of halogens is 3. The Hall–Kier alpha value is -2.81. The van der Waals surface area contributed by atoms with Gasteiger partial charge in [0.15, 0.2) is 10.9 Å². The molecule has 1 N–H and O–H groups in total. The lowest BCUT2D eigenvalue weighted by atomic mass is 10.1. The predicted molar refractivity (Wildman–Crippen MR) is 99.9 cm³/mol. The maximum absolute atomic E-state index is 13.1. The first kappa shape index (κ1) is 19.9. The van der Waals surface area contributed by atoms with E-state index in [4.69, 9.17) is 4.42 Å². The maximum atomic E-state index is 13.1. The number of carbonyl (C=O) groups excluding carboxylic acids is 1. The number of benzene rings is 1. The van der Waals surface area contributed by atoms with Gasteiger partial charge in [-0.2, -0.15) is 13.2 Å². The van der Waals surface area contributed by atoms with Gasteiger partial charge in [0.1, 0.15) is 11.4 Å². The van der Waals surface area contributed by atoms with Crippen molar-refractivity contribution >= 4 is 23.4 Å². The zero-order valence-corrected chi connectivity index (χ0v) is 15.6. The Balaban J connectivity index is 1.76. The summed E-state index contributed by atoms with van der Waals surface area (Å²) in [5.41, 5.74) is 0.563. The number of hydrogen-bond donors (Lipinski definition) is 1. The minimum atomic E-state index is -4.64. The fourth-order valence-corrected chi connectivity index (χ4v) is 3.11. The molecule has 0 aliphatic rings. The second-order valence-corrected chi connectivity index (χ2v) is 6.69. The smallest absolute Gasteiger partial charge is 0.433 e. The lowest BCUT2D eigenvalue weighted by Gasteiger charge is -2.11. The second-order valence-electron chi connectivity index (χ2n) is 5.74. The van der Waals surface area contributed by atoms with Crippen LogP contribution in [0.1, 0.15) is 18.2 Å². The topological polar surface area (TPSA) is 68.0 Å². The first-order chi connectivity index (χ1) is 13.4. The van der Waals surface area contributed by atoms with Gasteiger partial charge < -0.3 is 9.73 Å². The molecule has 1 amide bonds. The third-order valence-corrected chi connectivity index (χ3v) is 4.62. The number of nitrogens with one attached hydrogen (secondary N) is 1. The van der Waals surface area contributed by atoms with E-state index in [1.807, 2.05) is 19.1 Å². The van der Waals surface area contributed by atoms with Crippen molar-refractivity contribution in [2.45, 2.75) is 24.7 Å². The highest BCUT2D eigenvalue weighted by Crippen LogP contribution is 2.32. The van der Waals surface area contributed by atoms with Gasteiger partial charge in [-0.05, 0) is 36.2 Å². The molecule has 0 saturated heterocycles. The van der Waals surface area contributed by atoms with Gasteiger partial charge in [-0.15, -0.1) is 0 Å². The Morgan fingerprint density at radius 2 is 1.96 bits per heavy atom. The number of aromatic nitrogens is 2. The van der Waals surface area contributed by atoms with Gasteiger partial charge in [-0.1, -0.05) is 36.9 Å². The normalized spacial score (nSPS) is 11.4. The molecule has 2 aromatic heterocycles. The van der Waals surface area contributed by atoms with Crippen LogP contribution in [0.25, 0.3) is 11.5 Å². The van der Waals surface area contributed by atoms with E-state index in [-0.39, 0.29) is 28.3 Å². The molecular weight excluding hydrogens is 391 g/mol. The van der Waals surface area contributed by atoms with E-state index in [1.54, 1.807) is 18.2 Å². The number of nitrogens with zero attached hydrogens (tertiary/aromatic N) is 2. The Kier molecular flexibility index (Phi) is 6.03. The molecule has 0 aliphatic heterocycles. The number of anilines is 1. The summed E-state index contributed by atoms with van der Waals surface area (Å²) in [4.78, 5) is 19.8. The zero-order valence-electron chi connectivity index (χ0n) is 14.8. The minimum absolute atomic E-state index is 0.00608. The highest BCUT2D eigenvalue weighted by Gasteiger charge is 2.34. The Morgan fingerprint density at radius 3 is 2.64 bits per heavy atom. The molecule has 0 unspecified atom stereocenters. The fourth-order valence-electron chi connectivity index (χ4n) is 2.45. The molecule has 0 fully saturated rings. The molecule has 0 atom stereocenters. The van der Waals surface area contributed by atoms with Crippen molar-refractivity contribution in [2.24, 2.45) is 0 Å². The Labute approximate surface area is 163 Å². The van der Waals surface area contributed by atoms with Crippen molar-refractivity contribution in [3.63, 3.8) is 0 Å². The summed E-state index contributed by atoms with van der Waals surface area (Å²) in [6.45, 7) is 1.96. The van der Waals surface area contributed by atoms with Gasteiger partial charge in [0, 0.05) is 5.69 Å². The minimum Gasteiger partial charge on any atom is -0.463 e. The molecule has 5 nitrogen and oxygen atoms in total. The average Bonchev–Trinajstić information content (AvgIpc) is 3.21. The van der Waals surface area contributed by atoms with Crippen LogP contribution in [0.2, 0.25) is 0 Å². The molecule has 1 aromatic carbocycles. The largest absolute Gasteiger partial charge is 0.463 e. The summed E-state index contributed by atoms with van der Waals surface area (Å²) >= 11 is 0.827. The van der Waals surface area contributed by atoms with E-state index in [0.717, 1.165) is 29.8 Å². The predicted octanol–water partition coefficient (Wildman–Crippen LogP) is 5.05. The quantitative estimate of drug-likeness (QED) is 0.458. The molecule has 0 saturated carbocycles. The third-order valence-electron chi connectivity index (χ3n) is 3.77. The molecule has 0 bridgehead atoms. The number of para-hydroxylation sites is 1. The van der Waals surface area contributed by atoms with Gasteiger partial charge in [0.25, 0.3) is 0 Å². The van der Waals surface area contributed by atoms with E-state index in [2.05, 4.69) is 15.3 Å². The molecule has 2 heterocycles. The standard InChI is InChI=1S/C19H16F3N3O2S/c1-2-12-6-3-4-7-13(12)23-17(26)11-28-18-24-14(15-8-5-9-27-15)10-16(25-18)19(20,21)22/h3-10H,2,11H2,1H3,(H,23,26). The van der Waals surface area contributed by atoms with E-state index in [9.17, 15) is 18.0 Å². The third kappa shape index (κ3) is 4.92. The van der Waals surface area contributed by atoms with Gasteiger partial charge in [0.05, 0.1) is 12.0 Å². The van der Waals surface area contributed by atoms with E-state index in [0.29, 0.717) is 5.69 Å². The van der Waals surface area contributed by atoms with Crippen LogP contribution in [0.15, 0.2) is 58.3 Å². The summed E-state index contributed by atoms with van der Waals surface area (Å²) in [6.07, 6.45) is -2.55. The molecule has 3 rings (SSSR count). The van der Waals surface area contributed by atoms with Crippen LogP contribution in [0.5, 0.6) is 0 Å². The van der Waals surface area contributed by atoms with Gasteiger partial charge in [0.2, 0.25) is 5.91 Å². The summed E-state index contributed by atoms with van der Waals surface area (Å²) < 4.78 is 44.6. The van der Waals surface area contributed by atoms with Crippen LogP contribution in [-0.4, -0.2) is 21.6 Å². The first-order valence-electron chi connectivity index (χ1n) is 8.37. The van der Waals surface area contributed by atoms with Crippen LogP contribution in [-0.2, 0) is 17.4 Å². The van der Waals surface area contributed by atoms with Gasteiger partial charge in [-0.25, -0.2) is 9.97 Å². The lowest BCUT2D eigenvalue weighted by Crippen LogP contribution is -2.16. The fraction of sp³-hybridized carbons (Fsp3) is 0.211. The highest BCUT2D eigenvalue weighted by molar-refractivity contribution is 7.99. The van der Waals surface area contributed by atoms with E-state index in [1.165, 1.54) is 12.3 Å². The maximum Gasteiger partial charge on any atom is 0.433 e. The Bertz CT molecular complexity index is 959. The number of rotatable bonds is 6. The molecule has 9 heteroatoms. The number of aryl methyl sites for hydroxylation is 1. The number of alkyl halides is 3. The Morgan fingerprint density at radius 1 is 1.18 bits per heavy atom. The van der Waals surface area contributed by atoms with Crippen molar-refractivity contribution in [1.29, 1.82) is 0 Å². The van der Waals surface area contributed by atoms with Crippen LogP contribution in [0.4, 0.5) is 18.9 Å². The van der Waals surface area contributed by atoms with E-state index < -0.39 is 11.9 Å². The summed E-state index contributed by atoms with van der Waals surface area (Å²) in [7, 11) is 0. The van der Waals surface area contributed by atoms with Crippen molar-refractivity contribution in [3.8, 4) is 11.5 Å². The first-order valence-corrected chi connectivity index (χ1v) is 9.36. The van der Waals surface area contributed by atoms with Gasteiger partial charge in [-0.3, -0.25) is 4.79 Å². The molecule has 28 heavy (non-hydrogen) atoms. The molecule has 146 valence electrons. The molecule has 3 aromatic rings. The number of hydrogen-bond acceptors (Lipinski definition) is 5. The van der Waals surface area contributed by atoms with Crippen LogP contribution < -0.4 is 5.32 Å². The zero-order chi connectivity index (χ0) is 20.1. The molecule has 0 spiro atoms. The molecule has 0 radical (unpaired) electrons. The molecular formula is C19H16F3N3O2S. The van der Waals surface area contributed by atoms with Crippen molar-refractivity contribution in [3.05, 3.63) is 60.0 Å². The number of carbonyl (C=O) groups is 1. The van der Waals surface area contributed by atoms with Gasteiger partial charge >= 0.3 is 6.18 Å². The monoisotopic (exact) mass is 407 g/mol.